The van der Waals surface area contributed by atoms with Gasteiger partial charge in [-0.1, -0.05) is 24.3 Å². The molecule has 1 aromatic carbocycles. The quantitative estimate of drug-likeness (QED) is 0.0563. The van der Waals surface area contributed by atoms with Gasteiger partial charge in [0.05, 0.1) is 82.5 Å². The first kappa shape index (κ1) is 39.8. The summed E-state index contributed by atoms with van der Waals surface area (Å²) in [7, 11) is -6.74. The summed E-state index contributed by atoms with van der Waals surface area (Å²) in [5.74, 6) is -0.905. The zero-order chi connectivity index (χ0) is 36.2. The molecule has 1 aliphatic heterocycles. The molecular weight excluding hydrogens is 730 g/mol. The molecule has 2 aliphatic rings. The van der Waals surface area contributed by atoms with Crippen LogP contribution in [-0.4, -0.2) is 118 Å². The van der Waals surface area contributed by atoms with E-state index in [4.69, 9.17) is 49.6 Å². The molecule has 1 saturated heterocycles. The van der Waals surface area contributed by atoms with Crippen LogP contribution in [0.3, 0.4) is 0 Å². The van der Waals surface area contributed by atoms with E-state index < -0.39 is 46.2 Å². The minimum absolute atomic E-state index is 0.0298. The van der Waals surface area contributed by atoms with Crippen LogP contribution in [0.15, 0.2) is 30.5 Å². The first-order valence-electron chi connectivity index (χ1n) is 16.8. The number of fused-ring (bicyclic) bond motifs is 2. The zero-order valence-corrected chi connectivity index (χ0v) is 30.8. The van der Waals surface area contributed by atoms with Crippen LogP contribution in [0.2, 0.25) is 5.28 Å². The van der Waals surface area contributed by atoms with Crippen LogP contribution in [-0.2, 0) is 44.0 Å². The Balaban J connectivity index is 1.15. The molecule has 1 aliphatic carbocycles. The average Bonchev–Trinajstić information content (AvgIpc) is 3.83. The number of ether oxygens (including phenoxy) is 5. The molecule has 5 N–H and O–H groups in total. The van der Waals surface area contributed by atoms with Crippen LogP contribution in [0.1, 0.15) is 43.2 Å². The van der Waals surface area contributed by atoms with Crippen molar-refractivity contribution in [3.63, 3.8) is 0 Å². The van der Waals surface area contributed by atoms with Gasteiger partial charge in [-0.05, 0) is 48.9 Å². The molecule has 2 aromatic heterocycles. The lowest BCUT2D eigenvalue weighted by Crippen LogP contribution is -2.37. The molecule has 3 heterocycles. The van der Waals surface area contributed by atoms with Gasteiger partial charge in [-0.25, -0.2) is 4.68 Å². The monoisotopic (exact) mass is 774 g/mol. The summed E-state index contributed by atoms with van der Waals surface area (Å²) in [4.78, 5) is 50.4. The van der Waals surface area contributed by atoms with E-state index in [9.17, 15) is 14.3 Å². The van der Waals surface area contributed by atoms with Gasteiger partial charge in [-0.15, -0.1) is 0 Å². The lowest BCUT2D eigenvalue weighted by atomic mass is 9.99. The normalized spacial score (nSPS) is 21.3. The third-order valence-electron chi connectivity index (χ3n) is 8.28. The van der Waals surface area contributed by atoms with Gasteiger partial charge < -0.3 is 53.5 Å². The van der Waals surface area contributed by atoms with Gasteiger partial charge in [0, 0.05) is 13.2 Å². The first-order chi connectivity index (χ1) is 24.6. The van der Waals surface area contributed by atoms with Crippen molar-refractivity contribution in [2.24, 2.45) is 5.92 Å². The number of benzene rings is 1. The van der Waals surface area contributed by atoms with Gasteiger partial charge in [0.15, 0.2) is 20.3 Å². The Morgan fingerprint density at radius 1 is 1.06 bits per heavy atom. The third-order valence-corrected chi connectivity index (χ3v) is 11.4. The summed E-state index contributed by atoms with van der Waals surface area (Å²) < 4.78 is 46.5. The highest BCUT2D eigenvalue weighted by molar-refractivity contribution is 7.67. The molecule has 0 spiro atoms. The first-order valence-corrected chi connectivity index (χ1v) is 20.3. The molecule has 1 amide bonds. The fourth-order valence-electron chi connectivity index (χ4n) is 5.96. The van der Waals surface area contributed by atoms with Crippen molar-refractivity contribution < 1.29 is 52.2 Å². The van der Waals surface area contributed by atoms with Gasteiger partial charge in [-0.3, -0.25) is 9.36 Å². The van der Waals surface area contributed by atoms with Crippen molar-refractivity contribution in [1.29, 1.82) is 0 Å². The third kappa shape index (κ3) is 11.6. The minimum Gasteiger partial charge on any atom is -0.379 e. The molecule has 20 heteroatoms. The number of hydrogen-bond donors (Lipinski definition) is 5. The van der Waals surface area contributed by atoms with E-state index in [0.29, 0.717) is 95.5 Å². The smallest absolute Gasteiger partial charge is 0.337 e. The fraction of sp³-hybridized carbons (Fsp3) is 0.613. The molecule has 17 nitrogen and oxygen atoms in total. The van der Waals surface area contributed by atoms with E-state index in [1.54, 1.807) is 10.9 Å². The number of anilines is 1. The Morgan fingerprint density at radius 2 is 1.76 bits per heavy atom. The largest absolute Gasteiger partial charge is 0.379 e. The number of amides is 1. The van der Waals surface area contributed by atoms with E-state index in [1.165, 1.54) is 0 Å². The summed E-state index contributed by atoms with van der Waals surface area (Å²) in [6.07, 6.45) is 2.05. The fourth-order valence-corrected chi connectivity index (χ4v) is 8.12. The van der Waals surface area contributed by atoms with Crippen molar-refractivity contribution in [1.82, 2.24) is 25.1 Å². The Morgan fingerprint density at radius 3 is 2.49 bits per heavy atom. The summed E-state index contributed by atoms with van der Waals surface area (Å²) in [6.45, 7) is 5.95. The van der Waals surface area contributed by atoms with Gasteiger partial charge >= 0.3 is 7.60 Å². The summed E-state index contributed by atoms with van der Waals surface area (Å²) in [5, 5.41) is 11.5. The predicted molar refractivity (Wildman–Crippen MR) is 187 cm³/mol. The highest BCUT2D eigenvalue weighted by Gasteiger charge is 2.38. The summed E-state index contributed by atoms with van der Waals surface area (Å²) >= 11 is 6.41. The second-order valence-electron chi connectivity index (χ2n) is 11.9. The topological polar surface area (TPSA) is 218 Å². The van der Waals surface area contributed by atoms with E-state index >= 15 is 0 Å². The van der Waals surface area contributed by atoms with E-state index in [0.717, 1.165) is 11.1 Å². The van der Waals surface area contributed by atoms with Crippen LogP contribution in [0.25, 0.3) is 11.0 Å². The van der Waals surface area contributed by atoms with Gasteiger partial charge in [0.25, 0.3) is 0 Å². The maximum atomic E-state index is 13.5. The van der Waals surface area contributed by atoms with Crippen LogP contribution < -0.4 is 10.6 Å². The predicted octanol–water partition coefficient (Wildman–Crippen LogP) is 3.14. The molecule has 5 unspecified atom stereocenters. The minimum atomic E-state index is -4.17. The van der Waals surface area contributed by atoms with E-state index in [1.807, 2.05) is 31.2 Å². The molecule has 51 heavy (non-hydrogen) atoms. The maximum absolute atomic E-state index is 13.5. The number of rotatable bonds is 22. The lowest BCUT2D eigenvalue weighted by Gasteiger charge is -2.22. The number of carbonyl (C=O) groups excluding carboxylic acids is 1. The van der Waals surface area contributed by atoms with Crippen LogP contribution >= 0.6 is 27.6 Å². The van der Waals surface area contributed by atoms with Crippen molar-refractivity contribution in [2.75, 3.05) is 77.2 Å². The molecular formula is C31H45ClN6O11P2. The molecule has 0 saturated carbocycles. The standard InChI is InChI=1S/C31H45ClN6O11P2/c1-2-44-11-12-46-15-16-47-14-13-45-10-9-33-30(39)24-17-21-5-3-4-6-23(21)27(24)35-28-25-18-34-38(29(25)37-31(32)36-28)26-8-7-22(49-26)19-48-51(42,43)20-50(40)41/h3-6,18,22,24,26-27,40-41H,2,7-17,19-20H2,1H3,(H,33,39)(H,42,43)(H,35,36,37). The van der Waals surface area contributed by atoms with Crippen LogP contribution in [0, 0.1) is 5.92 Å². The number of carbonyl (C=O) groups is 1. The number of hydrogen-bond acceptors (Lipinski definition) is 14. The SMILES string of the molecule is CCOCCOCCOCCOCCNC(=O)C1Cc2ccccc2C1Nc1nc(Cl)nc2c1cnn2C1CCC(COP(=O)(O)CP(O)O)O1. The second-order valence-corrected chi connectivity index (χ2v) is 15.6. The Hall–Kier alpha value is -2.37. The lowest BCUT2D eigenvalue weighted by molar-refractivity contribution is -0.125. The second kappa shape index (κ2) is 19.6. The van der Waals surface area contributed by atoms with Crippen LogP contribution in [0.4, 0.5) is 5.82 Å². The zero-order valence-electron chi connectivity index (χ0n) is 28.3. The molecule has 0 bridgehead atoms. The average molecular weight is 775 g/mol. The van der Waals surface area contributed by atoms with Crippen molar-refractivity contribution in [2.45, 2.75) is 44.6 Å². The molecule has 3 aromatic rings. The molecule has 0 radical (unpaired) electrons. The maximum Gasteiger partial charge on any atom is 0.337 e. The van der Waals surface area contributed by atoms with Gasteiger partial charge in [0.1, 0.15) is 11.7 Å². The molecule has 1 fully saturated rings. The van der Waals surface area contributed by atoms with Crippen LogP contribution in [0.5, 0.6) is 0 Å². The summed E-state index contributed by atoms with van der Waals surface area (Å²) in [5.41, 5.74) is 2.43. The Kier molecular flexibility index (Phi) is 15.3. The highest BCUT2D eigenvalue weighted by atomic mass is 35.5. The van der Waals surface area contributed by atoms with Crippen molar-refractivity contribution >= 4 is 50.3 Å². The number of halogens is 1. The summed E-state index contributed by atoms with van der Waals surface area (Å²) in [6, 6.07) is 7.45. The highest BCUT2D eigenvalue weighted by Crippen LogP contribution is 2.51. The van der Waals surface area contributed by atoms with E-state index in [2.05, 4.69) is 25.7 Å². The van der Waals surface area contributed by atoms with E-state index in [-0.39, 0.29) is 17.8 Å². The molecule has 5 atom stereocenters. The Bertz CT molecular complexity index is 1620. The van der Waals surface area contributed by atoms with Gasteiger partial charge in [0.2, 0.25) is 11.2 Å². The number of nitrogens with zero attached hydrogens (tertiary/aromatic N) is 4. The van der Waals surface area contributed by atoms with Crippen molar-refractivity contribution in [3.8, 4) is 0 Å². The number of nitrogens with one attached hydrogen (secondary N) is 2. The molecule has 282 valence electrons. The van der Waals surface area contributed by atoms with Gasteiger partial charge in [-0.2, -0.15) is 15.1 Å². The molecule has 5 rings (SSSR count). The Labute approximate surface area is 301 Å². The van der Waals surface area contributed by atoms with Crippen molar-refractivity contribution in [3.05, 3.63) is 46.9 Å². The number of aromatic nitrogens is 4.